The fourth-order valence-corrected chi connectivity index (χ4v) is 3.64. The Morgan fingerprint density at radius 3 is 2.55 bits per heavy atom. The summed E-state index contributed by atoms with van der Waals surface area (Å²) in [6, 6.07) is 16.8. The Morgan fingerprint density at radius 2 is 1.83 bits per heavy atom. The number of carbonyl (C=O) groups excluding carboxylic acids is 1. The number of rotatable bonds is 5. The molecule has 1 aromatic heterocycles. The molecule has 0 radical (unpaired) electrons. The van der Waals surface area contributed by atoms with Gasteiger partial charge in [0.05, 0.1) is 0 Å². The number of benzene rings is 2. The van der Waals surface area contributed by atoms with Crippen molar-refractivity contribution in [3.63, 3.8) is 0 Å². The molecule has 29 heavy (non-hydrogen) atoms. The van der Waals surface area contributed by atoms with E-state index in [-0.39, 0.29) is 11.8 Å². The fraction of sp³-hybridized carbons (Fsp3) is 0.348. The summed E-state index contributed by atoms with van der Waals surface area (Å²) in [6.45, 7) is 6.15. The zero-order valence-corrected chi connectivity index (χ0v) is 16.9. The van der Waals surface area contributed by atoms with E-state index in [0.717, 1.165) is 37.1 Å². The Bertz CT molecular complexity index is 973. The standard InChI is InChI=1S/C23H26N4O2/c1-16-6-8-20(9-7-16)22-25-26-23(29-22)27-12-10-19(11-13-27)21(28)24-15-18-5-3-4-17(2)14-18/h3-9,14,19H,10-13,15H2,1-2H3,(H,24,28). The largest absolute Gasteiger partial charge is 0.403 e. The molecule has 0 saturated carbocycles. The molecule has 1 fully saturated rings. The number of hydrogen-bond donors (Lipinski definition) is 1. The summed E-state index contributed by atoms with van der Waals surface area (Å²) in [5.41, 5.74) is 4.44. The first-order valence-electron chi connectivity index (χ1n) is 10.1. The van der Waals surface area contributed by atoms with Gasteiger partial charge in [0.25, 0.3) is 0 Å². The average Bonchev–Trinajstić information content (AvgIpc) is 3.23. The molecule has 0 bridgehead atoms. The summed E-state index contributed by atoms with van der Waals surface area (Å²) in [4.78, 5) is 14.6. The van der Waals surface area contributed by atoms with Crippen molar-refractivity contribution in [2.75, 3.05) is 18.0 Å². The van der Waals surface area contributed by atoms with Gasteiger partial charge in [-0.05, 0) is 44.4 Å². The highest BCUT2D eigenvalue weighted by Gasteiger charge is 2.27. The van der Waals surface area contributed by atoms with Gasteiger partial charge in [0.1, 0.15) is 0 Å². The third kappa shape index (κ3) is 4.65. The first-order valence-corrected chi connectivity index (χ1v) is 10.1. The summed E-state index contributed by atoms with van der Waals surface area (Å²) < 4.78 is 5.86. The average molecular weight is 390 g/mol. The molecule has 0 unspecified atom stereocenters. The molecule has 0 atom stereocenters. The number of aryl methyl sites for hydroxylation is 2. The minimum atomic E-state index is 0.0237. The molecule has 1 aliphatic rings. The van der Waals surface area contributed by atoms with Crippen LogP contribution in [0.3, 0.4) is 0 Å². The van der Waals surface area contributed by atoms with E-state index in [1.807, 2.05) is 43.3 Å². The molecule has 1 amide bonds. The molecule has 1 N–H and O–H groups in total. The predicted octanol–water partition coefficient (Wildman–Crippen LogP) is 3.89. The third-order valence-electron chi connectivity index (χ3n) is 5.40. The summed E-state index contributed by atoms with van der Waals surface area (Å²) in [7, 11) is 0. The Hall–Kier alpha value is -3.15. The van der Waals surface area contributed by atoms with Crippen molar-refractivity contribution in [1.82, 2.24) is 15.5 Å². The maximum atomic E-state index is 12.5. The second-order valence-corrected chi connectivity index (χ2v) is 7.72. The van der Waals surface area contributed by atoms with Crippen LogP contribution in [0.25, 0.3) is 11.5 Å². The van der Waals surface area contributed by atoms with Gasteiger partial charge in [0, 0.05) is 31.1 Å². The van der Waals surface area contributed by atoms with Crippen LogP contribution >= 0.6 is 0 Å². The van der Waals surface area contributed by atoms with Crippen LogP contribution in [0, 0.1) is 19.8 Å². The first kappa shape index (κ1) is 19.2. The molecular weight excluding hydrogens is 364 g/mol. The summed E-state index contributed by atoms with van der Waals surface area (Å²) in [5, 5.41) is 11.5. The number of nitrogens with zero attached hydrogens (tertiary/aromatic N) is 3. The van der Waals surface area contributed by atoms with Crippen molar-refractivity contribution < 1.29 is 9.21 Å². The Balaban J connectivity index is 1.30. The predicted molar refractivity (Wildman–Crippen MR) is 112 cm³/mol. The smallest absolute Gasteiger partial charge is 0.318 e. The number of piperidine rings is 1. The van der Waals surface area contributed by atoms with Gasteiger partial charge in [-0.25, -0.2) is 0 Å². The lowest BCUT2D eigenvalue weighted by Gasteiger charge is -2.29. The molecule has 6 nitrogen and oxygen atoms in total. The SMILES string of the molecule is Cc1ccc(-c2nnc(N3CCC(C(=O)NCc4cccc(C)c4)CC3)o2)cc1. The molecule has 0 spiro atoms. The highest BCUT2D eigenvalue weighted by atomic mass is 16.4. The van der Waals surface area contributed by atoms with Gasteiger partial charge in [0.15, 0.2) is 0 Å². The molecule has 150 valence electrons. The lowest BCUT2D eigenvalue weighted by atomic mass is 9.96. The number of hydrogen-bond acceptors (Lipinski definition) is 5. The second kappa shape index (κ2) is 8.47. The summed E-state index contributed by atoms with van der Waals surface area (Å²) in [6.07, 6.45) is 1.56. The molecule has 4 rings (SSSR count). The van der Waals surface area contributed by atoms with Crippen LogP contribution in [-0.4, -0.2) is 29.2 Å². The van der Waals surface area contributed by atoms with Crippen molar-refractivity contribution in [3.8, 4) is 11.5 Å². The Morgan fingerprint density at radius 1 is 1.07 bits per heavy atom. The normalized spacial score (nSPS) is 14.8. The number of amides is 1. The lowest BCUT2D eigenvalue weighted by molar-refractivity contribution is -0.125. The summed E-state index contributed by atoms with van der Waals surface area (Å²) in [5.74, 6) is 0.672. The maximum Gasteiger partial charge on any atom is 0.318 e. The minimum Gasteiger partial charge on any atom is -0.403 e. The minimum absolute atomic E-state index is 0.0237. The van der Waals surface area contributed by atoms with Gasteiger partial charge in [0.2, 0.25) is 11.8 Å². The fourth-order valence-electron chi connectivity index (χ4n) is 3.64. The van der Waals surface area contributed by atoms with E-state index in [9.17, 15) is 4.79 Å². The van der Waals surface area contributed by atoms with Gasteiger partial charge in [-0.3, -0.25) is 4.79 Å². The number of nitrogens with one attached hydrogen (secondary N) is 1. The zero-order valence-electron chi connectivity index (χ0n) is 16.9. The molecule has 2 aromatic carbocycles. The molecule has 0 aliphatic carbocycles. The van der Waals surface area contributed by atoms with Crippen molar-refractivity contribution in [2.45, 2.75) is 33.2 Å². The molecule has 1 aliphatic heterocycles. The van der Waals surface area contributed by atoms with Crippen LogP contribution in [-0.2, 0) is 11.3 Å². The molecule has 1 saturated heterocycles. The van der Waals surface area contributed by atoms with Gasteiger partial charge >= 0.3 is 6.01 Å². The van der Waals surface area contributed by atoms with Gasteiger partial charge < -0.3 is 14.6 Å². The second-order valence-electron chi connectivity index (χ2n) is 7.72. The van der Waals surface area contributed by atoms with Crippen molar-refractivity contribution >= 4 is 11.9 Å². The van der Waals surface area contributed by atoms with Crippen LogP contribution in [0.15, 0.2) is 52.9 Å². The number of anilines is 1. The van der Waals surface area contributed by atoms with Gasteiger partial charge in [-0.15, -0.1) is 5.10 Å². The van der Waals surface area contributed by atoms with Gasteiger partial charge in [-0.2, -0.15) is 0 Å². The maximum absolute atomic E-state index is 12.5. The van der Waals surface area contributed by atoms with Crippen LogP contribution in [0.1, 0.15) is 29.5 Å². The molecular formula is C23H26N4O2. The quantitative estimate of drug-likeness (QED) is 0.716. The van der Waals surface area contributed by atoms with E-state index >= 15 is 0 Å². The Kier molecular flexibility index (Phi) is 5.60. The lowest BCUT2D eigenvalue weighted by Crippen LogP contribution is -2.40. The highest BCUT2D eigenvalue weighted by molar-refractivity contribution is 5.78. The number of aromatic nitrogens is 2. The third-order valence-corrected chi connectivity index (χ3v) is 5.40. The number of carbonyl (C=O) groups is 1. The topological polar surface area (TPSA) is 71.3 Å². The van der Waals surface area contributed by atoms with Crippen LogP contribution in [0.4, 0.5) is 6.01 Å². The molecule has 2 heterocycles. The Labute approximate surface area is 170 Å². The highest BCUT2D eigenvalue weighted by Crippen LogP contribution is 2.26. The van der Waals surface area contributed by atoms with E-state index in [1.54, 1.807) is 0 Å². The first-order chi connectivity index (χ1) is 14.1. The van der Waals surface area contributed by atoms with E-state index in [1.165, 1.54) is 11.1 Å². The zero-order chi connectivity index (χ0) is 20.2. The van der Waals surface area contributed by atoms with Crippen LogP contribution in [0.2, 0.25) is 0 Å². The van der Waals surface area contributed by atoms with E-state index in [0.29, 0.717) is 18.5 Å². The van der Waals surface area contributed by atoms with Crippen molar-refractivity contribution in [3.05, 3.63) is 65.2 Å². The van der Waals surface area contributed by atoms with Crippen molar-refractivity contribution in [2.24, 2.45) is 5.92 Å². The van der Waals surface area contributed by atoms with E-state index in [2.05, 4.69) is 39.5 Å². The van der Waals surface area contributed by atoms with Crippen LogP contribution < -0.4 is 10.2 Å². The molecule has 6 heteroatoms. The monoisotopic (exact) mass is 390 g/mol. The van der Waals surface area contributed by atoms with Gasteiger partial charge in [-0.1, -0.05) is 52.6 Å². The van der Waals surface area contributed by atoms with Crippen LogP contribution in [0.5, 0.6) is 0 Å². The van der Waals surface area contributed by atoms with E-state index in [4.69, 9.17) is 4.42 Å². The molecule has 3 aromatic rings. The van der Waals surface area contributed by atoms with E-state index < -0.39 is 0 Å². The van der Waals surface area contributed by atoms with Crippen molar-refractivity contribution in [1.29, 1.82) is 0 Å². The summed E-state index contributed by atoms with van der Waals surface area (Å²) >= 11 is 0.